The summed E-state index contributed by atoms with van der Waals surface area (Å²) in [6.07, 6.45) is -4.66. The van der Waals surface area contributed by atoms with Crippen LogP contribution in [0.15, 0.2) is 18.3 Å². The maximum absolute atomic E-state index is 12.5. The van der Waals surface area contributed by atoms with Gasteiger partial charge in [0.1, 0.15) is 17.3 Å². The Bertz CT molecular complexity index is 594. The zero-order chi connectivity index (χ0) is 18.7. The Labute approximate surface area is 137 Å². The summed E-state index contributed by atoms with van der Waals surface area (Å²) in [6, 6.07) is 0.606. The number of carbonyl (C=O) groups is 2. The number of carboxylic acids is 1. The Morgan fingerprint density at radius 2 is 1.88 bits per heavy atom. The molecule has 1 atom stereocenters. The predicted octanol–water partition coefficient (Wildman–Crippen LogP) is 2.96. The van der Waals surface area contributed by atoms with Crippen molar-refractivity contribution in [3.05, 3.63) is 29.6 Å². The third-order valence-corrected chi connectivity index (χ3v) is 2.98. The number of carboxylic acid groups (broad SMARTS) is 1. The standard InChI is InChI=1S/C15H19F3N2O4/c1-14(2,3)24-13(23)20(4)10(12(21)22)7-9-5-6-11(19-8-9)15(16,17)18/h5-6,8,10H,7H2,1-4H3,(H,21,22)/t10-/m0/s1. The van der Waals surface area contributed by atoms with Crippen molar-refractivity contribution < 1.29 is 32.6 Å². The lowest BCUT2D eigenvalue weighted by atomic mass is 10.1. The van der Waals surface area contributed by atoms with Gasteiger partial charge in [0, 0.05) is 19.7 Å². The van der Waals surface area contributed by atoms with Crippen LogP contribution in [0.25, 0.3) is 0 Å². The Morgan fingerprint density at radius 1 is 1.29 bits per heavy atom. The highest BCUT2D eigenvalue weighted by Crippen LogP contribution is 2.27. The number of halogens is 3. The highest BCUT2D eigenvalue weighted by atomic mass is 19.4. The van der Waals surface area contributed by atoms with E-state index in [9.17, 15) is 27.9 Å². The molecule has 134 valence electrons. The molecule has 1 rings (SSSR count). The fraction of sp³-hybridized carbons (Fsp3) is 0.533. The Kier molecular flexibility index (Phi) is 5.80. The van der Waals surface area contributed by atoms with Crippen LogP contribution in [0.2, 0.25) is 0 Å². The summed E-state index contributed by atoms with van der Waals surface area (Å²) in [6.45, 7) is 4.90. The van der Waals surface area contributed by atoms with Gasteiger partial charge >= 0.3 is 18.2 Å². The van der Waals surface area contributed by atoms with Crippen LogP contribution in [0.4, 0.5) is 18.0 Å². The molecule has 0 spiro atoms. The monoisotopic (exact) mass is 348 g/mol. The number of aliphatic carboxylic acids is 1. The van der Waals surface area contributed by atoms with Crippen molar-refractivity contribution in [2.24, 2.45) is 0 Å². The number of rotatable bonds is 4. The SMILES string of the molecule is CN(C(=O)OC(C)(C)C)[C@@H](Cc1ccc(C(F)(F)F)nc1)C(=O)O. The number of alkyl halides is 3. The quantitative estimate of drug-likeness (QED) is 0.905. The number of likely N-dealkylation sites (N-methyl/N-ethyl adjacent to an activating group) is 1. The largest absolute Gasteiger partial charge is 0.480 e. The number of amides is 1. The molecule has 6 nitrogen and oxygen atoms in total. The minimum Gasteiger partial charge on any atom is -0.480 e. The minimum absolute atomic E-state index is 0.198. The lowest BCUT2D eigenvalue weighted by Crippen LogP contribution is -2.46. The number of hydrogen-bond donors (Lipinski definition) is 1. The first-order valence-electron chi connectivity index (χ1n) is 7.02. The van der Waals surface area contributed by atoms with Gasteiger partial charge in [0.2, 0.25) is 0 Å². The summed E-state index contributed by atoms with van der Waals surface area (Å²) in [5.74, 6) is -1.30. The van der Waals surface area contributed by atoms with Crippen molar-refractivity contribution in [2.75, 3.05) is 7.05 Å². The van der Waals surface area contributed by atoms with E-state index >= 15 is 0 Å². The predicted molar refractivity (Wildman–Crippen MR) is 78.4 cm³/mol. The topological polar surface area (TPSA) is 79.7 Å². The summed E-state index contributed by atoms with van der Waals surface area (Å²) < 4.78 is 42.5. The molecule has 0 saturated carbocycles. The Hall–Kier alpha value is -2.32. The van der Waals surface area contributed by atoms with E-state index in [1.165, 1.54) is 7.05 Å². The van der Waals surface area contributed by atoms with E-state index in [4.69, 9.17) is 4.74 Å². The van der Waals surface area contributed by atoms with Crippen LogP contribution in [0.1, 0.15) is 32.0 Å². The van der Waals surface area contributed by atoms with Crippen LogP contribution < -0.4 is 0 Å². The number of ether oxygens (including phenoxy) is 1. The van der Waals surface area contributed by atoms with Crippen molar-refractivity contribution in [3.63, 3.8) is 0 Å². The van der Waals surface area contributed by atoms with Gasteiger partial charge in [-0.1, -0.05) is 6.07 Å². The van der Waals surface area contributed by atoms with Crippen molar-refractivity contribution in [1.29, 1.82) is 0 Å². The molecule has 9 heteroatoms. The number of nitrogens with zero attached hydrogens (tertiary/aromatic N) is 2. The van der Waals surface area contributed by atoms with E-state index < -0.39 is 35.6 Å². The third-order valence-electron chi connectivity index (χ3n) is 2.98. The Morgan fingerprint density at radius 3 is 2.25 bits per heavy atom. The fourth-order valence-corrected chi connectivity index (χ4v) is 1.79. The normalized spacial score (nSPS) is 13.3. The van der Waals surface area contributed by atoms with Gasteiger partial charge < -0.3 is 9.84 Å². The average Bonchev–Trinajstić information content (AvgIpc) is 2.41. The van der Waals surface area contributed by atoms with Gasteiger partial charge in [-0.05, 0) is 32.4 Å². The molecule has 1 amide bonds. The zero-order valence-corrected chi connectivity index (χ0v) is 13.7. The molecule has 0 aliphatic rings. The number of hydrogen-bond acceptors (Lipinski definition) is 4. The van der Waals surface area contributed by atoms with Gasteiger partial charge in [0.25, 0.3) is 0 Å². The van der Waals surface area contributed by atoms with Crippen LogP contribution in [-0.2, 0) is 22.1 Å². The lowest BCUT2D eigenvalue weighted by molar-refractivity contribution is -0.143. The van der Waals surface area contributed by atoms with Gasteiger partial charge in [-0.2, -0.15) is 13.2 Å². The molecule has 1 N–H and O–H groups in total. The third kappa shape index (κ3) is 5.71. The molecule has 24 heavy (non-hydrogen) atoms. The smallest absolute Gasteiger partial charge is 0.433 e. The zero-order valence-electron chi connectivity index (χ0n) is 13.7. The average molecular weight is 348 g/mol. The molecule has 0 bridgehead atoms. The van der Waals surface area contributed by atoms with E-state index in [1.54, 1.807) is 20.8 Å². The van der Waals surface area contributed by atoms with E-state index in [0.29, 0.717) is 0 Å². The summed E-state index contributed by atoms with van der Waals surface area (Å²) >= 11 is 0. The van der Waals surface area contributed by atoms with Crippen LogP contribution in [0.5, 0.6) is 0 Å². The molecule has 1 aromatic rings. The van der Waals surface area contributed by atoms with E-state index in [1.807, 2.05) is 0 Å². The molecule has 0 aromatic carbocycles. The van der Waals surface area contributed by atoms with E-state index in [0.717, 1.165) is 23.2 Å². The first-order chi connectivity index (χ1) is 10.8. The molecular weight excluding hydrogens is 329 g/mol. The summed E-state index contributed by atoms with van der Waals surface area (Å²) in [4.78, 5) is 27.5. The van der Waals surface area contributed by atoms with Gasteiger partial charge in [-0.3, -0.25) is 9.88 Å². The van der Waals surface area contributed by atoms with Crippen LogP contribution in [0.3, 0.4) is 0 Å². The summed E-state index contributed by atoms with van der Waals surface area (Å²) in [7, 11) is 1.25. The minimum atomic E-state index is -4.57. The molecule has 0 aliphatic carbocycles. The molecule has 1 heterocycles. The fourth-order valence-electron chi connectivity index (χ4n) is 1.79. The molecule has 0 unspecified atom stereocenters. The van der Waals surface area contributed by atoms with Crippen molar-refractivity contribution in [2.45, 2.75) is 45.0 Å². The molecule has 0 fully saturated rings. The first kappa shape index (κ1) is 19.7. The molecule has 1 aromatic heterocycles. The molecule has 0 saturated heterocycles. The number of pyridine rings is 1. The lowest BCUT2D eigenvalue weighted by Gasteiger charge is -2.28. The summed E-state index contributed by atoms with van der Waals surface area (Å²) in [5, 5.41) is 9.29. The van der Waals surface area contributed by atoms with Crippen LogP contribution >= 0.6 is 0 Å². The van der Waals surface area contributed by atoms with Crippen molar-refractivity contribution >= 4 is 12.1 Å². The highest BCUT2D eigenvalue weighted by molar-refractivity contribution is 5.80. The van der Waals surface area contributed by atoms with Crippen molar-refractivity contribution in [1.82, 2.24) is 9.88 Å². The molecule has 0 aliphatic heterocycles. The van der Waals surface area contributed by atoms with Crippen molar-refractivity contribution in [3.8, 4) is 0 Å². The maximum atomic E-state index is 12.5. The number of aromatic nitrogens is 1. The Balaban J connectivity index is 2.90. The maximum Gasteiger partial charge on any atom is 0.433 e. The summed E-state index contributed by atoms with van der Waals surface area (Å²) in [5.41, 5.74) is -1.62. The second-order valence-corrected chi connectivity index (χ2v) is 6.20. The second kappa shape index (κ2) is 7.06. The van der Waals surface area contributed by atoms with Crippen LogP contribution in [-0.4, -0.2) is 45.7 Å². The number of carbonyl (C=O) groups excluding carboxylic acids is 1. The van der Waals surface area contributed by atoms with E-state index in [2.05, 4.69) is 4.98 Å². The highest BCUT2D eigenvalue weighted by Gasteiger charge is 2.33. The van der Waals surface area contributed by atoms with Crippen LogP contribution in [0, 0.1) is 0 Å². The second-order valence-electron chi connectivity index (χ2n) is 6.20. The van der Waals surface area contributed by atoms with Gasteiger partial charge in [-0.15, -0.1) is 0 Å². The van der Waals surface area contributed by atoms with Gasteiger partial charge in [0.15, 0.2) is 0 Å². The van der Waals surface area contributed by atoms with Gasteiger partial charge in [-0.25, -0.2) is 9.59 Å². The van der Waals surface area contributed by atoms with Gasteiger partial charge in [0.05, 0.1) is 0 Å². The first-order valence-corrected chi connectivity index (χ1v) is 7.02. The van der Waals surface area contributed by atoms with E-state index in [-0.39, 0.29) is 12.0 Å². The molecule has 0 radical (unpaired) electrons. The molecular formula is C15H19F3N2O4.